The van der Waals surface area contributed by atoms with E-state index in [-0.39, 0.29) is 5.56 Å². The number of benzene rings is 1. The normalized spacial score (nSPS) is 11.0. The number of carbonyl (C=O) groups is 1. The standard InChI is InChI=1S/C16H12BrNO3/c1-8-5-12(9(2)21-8)15-7-13(16(19)20)11-4-3-10(17)6-14(11)18-15/h3-7H,1-2H3,(H,19,20). The summed E-state index contributed by atoms with van der Waals surface area (Å²) in [6.07, 6.45) is 0. The van der Waals surface area contributed by atoms with Crippen molar-refractivity contribution < 1.29 is 14.3 Å². The Balaban J connectivity index is 2.34. The van der Waals surface area contributed by atoms with Crippen molar-refractivity contribution in [2.45, 2.75) is 13.8 Å². The van der Waals surface area contributed by atoms with E-state index in [2.05, 4.69) is 20.9 Å². The van der Waals surface area contributed by atoms with Gasteiger partial charge in [-0.1, -0.05) is 22.0 Å². The van der Waals surface area contributed by atoms with Crippen LogP contribution in [0.1, 0.15) is 21.9 Å². The number of aromatic carboxylic acids is 1. The minimum absolute atomic E-state index is 0.237. The second-order valence-electron chi connectivity index (χ2n) is 4.85. The van der Waals surface area contributed by atoms with E-state index < -0.39 is 5.97 Å². The number of rotatable bonds is 2. The van der Waals surface area contributed by atoms with Crippen LogP contribution in [-0.4, -0.2) is 16.1 Å². The fourth-order valence-corrected chi connectivity index (χ4v) is 2.75. The van der Waals surface area contributed by atoms with Gasteiger partial charge in [0.25, 0.3) is 0 Å². The fraction of sp³-hybridized carbons (Fsp3) is 0.125. The Bertz CT molecular complexity index is 867. The number of aromatic nitrogens is 1. The van der Waals surface area contributed by atoms with Crippen molar-refractivity contribution in [3.63, 3.8) is 0 Å². The van der Waals surface area contributed by atoms with Gasteiger partial charge in [0, 0.05) is 15.4 Å². The van der Waals surface area contributed by atoms with E-state index >= 15 is 0 Å². The van der Waals surface area contributed by atoms with Crippen molar-refractivity contribution in [3.8, 4) is 11.3 Å². The van der Waals surface area contributed by atoms with Crippen LogP contribution in [0.15, 0.2) is 39.2 Å². The van der Waals surface area contributed by atoms with Gasteiger partial charge in [0.1, 0.15) is 11.5 Å². The predicted molar refractivity (Wildman–Crippen MR) is 83.6 cm³/mol. The zero-order chi connectivity index (χ0) is 15.1. The second kappa shape index (κ2) is 5.00. The molecule has 21 heavy (non-hydrogen) atoms. The quantitative estimate of drug-likeness (QED) is 0.738. The summed E-state index contributed by atoms with van der Waals surface area (Å²) in [6.45, 7) is 3.70. The molecule has 2 aromatic heterocycles. The Morgan fingerprint density at radius 2 is 2.00 bits per heavy atom. The second-order valence-corrected chi connectivity index (χ2v) is 5.76. The van der Waals surface area contributed by atoms with E-state index in [9.17, 15) is 9.90 Å². The smallest absolute Gasteiger partial charge is 0.336 e. The molecule has 4 nitrogen and oxygen atoms in total. The summed E-state index contributed by atoms with van der Waals surface area (Å²) >= 11 is 3.39. The van der Waals surface area contributed by atoms with Crippen LogP contribution in [0.5, 0.6) is 0 Å². The molecule has 0 aliphatic heterocycles. The maximum absolute atomic E-state index is 11.5. The van der Waals surface area contributed by atoms with Gasteiger partial charge in [-0.05, 0) is 38.1 Å². The molecule has 0 spiro atoms. The summed E-state index contributed by atoms with van der Waals surface area (Å²) in [7, 11) is 0. The minimum Gasteiger partial charge on any atom is -0.478 e. The van der Waals surface area contributed by atoms with E-state index in [4.69, 9.17) is 4.42 Å². The lowest BCUT2D eigenvalue weighted by molar-refractivity contribution is 0.0699. The van der Waals surface area contributed by atoms with E-state index in [1.807, 2.05) is 32.0 Å². The molecule has 3 aromatic rings. The summed E-state index contributed by atoms with van der Waals surface area (Å²) in [5, 5.41) is 10.1. The number of fused-ring (bicyclic) bond motifs is 1. The average molecular weight is 346 g/mol. The molecule has 0 unspecified atom stereocenters. The number of halogens is 1. The summed E-state index contributed by atoms with van der Waals surface area (Å²) in [4.78, 5) is 16.1. The Hall–Kier alpha value is -2.14. The molecular weight excluding hydrogens is 334 g/mol. The molecule has 0 aliphatic rings. The maximum atomic E-state index is 11.5. The van der Waals surface area contributed by atoms with Crippen molar-refractivity contribution in [3.05, 3.63) is 51.9 Å². The van der Waals surface area contributed by atoms with Crippen LogP contribution in [0.4, 0.5) is 0 Å². The molecule has 5 heteroatoms. The maximum Gasteiger partial charge on any atom is 0.336 e. The summed E-state index contributed by atoms with van der Waals surface area (Å²) in [6, 6.07) is 8.84. The largest absolute Gasteiger partial charge is 0.478 e. The van der Waals surface area contributed by atoms with Crippen LogP contribution < -0.4 is 0 Å². The molecule has 3 rings (SSSR count). The lowest BCUT2D eigenvalue weighted by atomic mass is 10.0. The third-order valence-electron chi connectivity index (χ3n) is 3.32. The van der Waals surface area contributed by atoms with Crippen molar-refractivity contribution in [1.29, 1.82) is 0 Å². The Morgan fingerprint density at radius 1 is 1.24 bits per heavy atom. The first-order chi connectivity index (χ1) is 9.95. The van der Waals surface area contributed by atoms with Gasteiger partial charge in [-0.2, -0.15) is 0 Å². The number of carboxylic acids is 1. The first-order valence-electron chi connectivity index (χ1n) is 6.36. The summed E-state index contributed by atoms with van der Waals surface area (Å²) in [5.74, 6) is 0.532. The molecule has 0 saturated heterocycles. The molecule has 2 heterocycles. The molecule has 106 valence electrons. The number of furan rings is 1. The van der Waals surface area contributed by atoms with E-state index in [0.717, 1.165) is 21.6 Å². The Morgan fingerprint density at radius 3 is 2.62 bits per heavy atom. The SMILES string of the molecule is Cc1cc(-c2cc(C(=O)O)c3ccc(Br)cc3n2)c(C)o1. The molecule has 0 amide bonds. The molecule has 1 N–H and O–H groups in total. The summed E-state index contributed by atoms with van der Waals surface area (Å²) in [5.41, 5.74) is 2.29. The fourth-order valence-electron chi connectivity index (χ4n) is 2.40. The third kappa shape index (κ3) is 2.45. The molecule has 0 atom stereocenters. The van der Waals surface area contributed by atoms with Gasteiger partial charge < -0.3 is 9.52 Å². The first kappa shape index (κ1) is 13.8. The highest BCUT2D eigenvalue weighted by Gasteiger charge is 2.16. The van der Waals surface area contributed by atoms with Crippen LogP contribution in [0, 0.1) is 13.8 Å². The van der Waals surface area contributed by atoms with Crippen LogP contribution in [0.25, 0.3) is 22.2 Å². The average Bonchev–Trinajstić information content (AvgIpc) is 2.75. The summed E-state index contributed by atoms with van der Waals surface area (Å²) < 4.78 is 6.37. The third-order valence-corrected chi connectivity index (χ3v) is 3.81. The number of nitrogens with zero attached hydrogens (tertiary/aromatic N) is 1. The monoisotopic (exact) mass is 345 g/mol. The molecule has 0 aliphatic carbocycles. The Labute approximate surface area is 129 Å². The zero-order valence-electron chi connectivity index (χ0n) is 11.5. The van der Waals surface area contributed by atoms with Gasteiger partial charge in [0.2, 0.25) is 0 Å². The molecule has 1 aromatic carbocycles. The Kier molecular flexibility index (Phi) is 3.29. The highest BCUT2D eigenvalue weighted by atomic mass is 79.9. The van der Waals surface area contributed by atoms with Crippen molar-refractivity contribution >= 4 is 32.8 Å². The topological polar surface area (TPSA) is 63.3 Å². The molecule has 0 fully saturated rings. The molecule has 0 radical (unpaired) electrons. The van der Waals surface area contributed by atoms with Crippen LogP contribution in [0.2, 0.25) is 0 Å². The number of aryl methyl sites for hydroxylation is 2. The highest BCUT2D eigenvalue weighted by Crippen LogP contribution is 2.30. The molecular formula is C16H12BrNO3. The number of carboxylic acid groups (broad SMARTS) is 1. The van der Waals surface area contributed by atoms with Gasteiger partial charge >= 0.3 is 5.97 Å². The van der Waals surface area contributed by atoms with Gasteiger partial charge in [0.15, 0.2) is 0 Å². The van der Waals surface area contributed by atoms with Gasteiger partial charge in [-0.25, -0.2) is 9.78 Å². The van der Waals surface area contributed by atoms with Gasteiger partial charge in [-0.15, -0.1) is 0 Å². The first-order valence-corrected chi connectivity index (χ1v) is 7.16. The van der Waals surface area contributed by atoms with Gasteiger partial charge in [0.05, 0.1) is 16.8 Å². The van der Waals surface area contributed by atoms with Crippen LogP contribution in [-0.2, 0) is 0 Å². The van der Waals surface area contributed by atoms with Crippen molar-refractivity contribution in [2.75, 3.05) is 0 Å². The lowest BCUT2D eigenvalue weighted by Crippen LogP contribution is -2.00. The highest BCUT2D eigenvalue weighted by molar-refractivity contribution is 9.10. The zero-order valence-corrected chi connectivity index (χ0v) is 13.1. The van der Waals surface area contributed by atoms with Crippen molar-refractivity contribution in [2.24, 2.45) is 0 Å². The van der Waals surface area contributed by atoms with E-state index in [1.165, 1.54) is 0 Å². The number of hydrogen-bond acceptors (Lipinski definition) is 3. The van der Waals surface area contributed by atoms with E-state index in [1.54, 1.807) is 12.1 Å². The van der Waals surface area contributed by atoms with Gasteiger partial charge in [-0.3, -0.25) is 0 Å². The number of pyridine rings is 1. The molecule has 0 saturated carbocycles. The van der Waals surface area contributed by atoms with Crippen LogP contribution in [0.3, 0.4) is 0 Å². The predicted octanol–water partition coefficient (Wildman–Crippen LogP) is 4.57. The lowest BCUT2D eigenvalue weighted by Gasteiger charge is -2.06. The van der Waals surface area contributed by atoms with Crippen LogP contribution >= 0.6 is 15.9 Å². The molecule has 0 bridgehead atoms. The van der Waals surface area contributed by atoms with Crippen molar-refractivity contribution in [1.82, 2.24) is 4.98 Å². The van der Waals surface area contributed by atoms with E-state index in [0.29, 0.717) is 16.6 Å². The minimum atomic E-state index is -0.969. The number of hydrogen-bond donors (Lipinski definition) is 1.